The summed E-state index contributed by atoms with van der Waals surface area (Å²) in [5.74, 6) is 0.153. The van der Waals surface area contributed by atoms with Gasteiger partial charge >= 0.3 is 0 Å². The molecule has 0 unspecified atom stereocenters. The second kappa shape index (κ2) is 9.23. The van der Waals surface area contributed by atoms with E-state index in [0.717, 1.165) is 20.8 Å². The van der Waals surface area contributed by atoms with Crippen LogP contribution in [0.4, 0.5) is 5.69 Å². The zero-order chi connectivity index (χ0) is 18.7. The van der Waals surface area contributed by atoms with Gasteiger partial charge in [0.2, 0.25) is 5.91 Å². The smallest absolute Gasteiger partial charge is 0.226 e. The molecule has 1 heterocycles. The molecule has 5 nitrogen and oxygen atoms in total. The van der Waals surface area contributed by atoms with Gasteiger partial charge in [-0.15, -0.1) is 11.3 Å². The molecule has 3 aromatic rings. The Balaban J connectivity index is 0.00000261. The van der Waals surface area contributed by atoms with Crippen LogP contribution in [-0.2, 0) is 4.79 Å². The average Bonchev–Trinajstić information content (AvgIpc) is 3.00. The molecule has 0 aliphatic carbocycles. The van der Waals surface area contributed by atoms with Gasteiger partial charge in [-0.1, -0.05) is 43.6 Å². The van der Waals surface area contributed by atoms with Crippen molar-refractivity contribution < 1.29 is 10.3 Å². The lowest BCUT2D eigenvalue weighted by molar-refractivity contribution is -0.120. The maximum absolute atomic E-state index is 11.8. The van der Waals surface area contributed by atoms with Crippen LogP contribution >= 0.6 is 35.2 Å². The summed E-state index contributed by atoms with van der Waals surface area (Å²) in [6.45, 7) is 3.96. The maximum atomic E-state index is 11.8. The molecule has 27 heavy (non-hydrogen) atoms. The van der Waals surface area contributed by atoms with Crippen molar-refractivity contribution >= 4 is 62.1 Å². The zero-order valence-corrected chi connectivity index (χ0v) is 17.3. The van der Waals surface area contributed by atoms with Crippen LogP contribution in [0.5, 0.6) is 0 Å². The predicted octanol–water partition coefficient (Wildman–Crippen LogP) is 4.65. The Hall–Kier alpha value is -2.06. The number of para-hydroxylation sites is 1. The third-order valence-corrected chi connectivity index (χ3v) is 5.22. The molecule has 2 aromatic carbocycles. The van der Waals surface area contributed by atoms with Crippen LogP contribution in [0.2, 0.25) is 5.02 Å². The Labute approximate surface area is 172 Å². The van der Waals surface area contributed by atoms with Crippen molar-refractivity contribution in [2.24, 2.45) is 5.92 Å². The Morgan fingerprint density at radius 1 is 1.26 bits per heavy atom. The van der Waals surface area contributed by atoms with E-state index in [9.17, 15) is 4.79 Å². The third-order valence-electron chi connectivity index (χ3n) is 3.60. The van der Waals surface area contributed by atoms with E-state index in [1.165, 1.54) is 0 Å². The Kier molecular flexibility index (Phi) is 7.26. The van der Waals surface area contributed by atoms with Gasteiger partial charge in [0.1, 0.15) is 5.01 Å². The van der Waals surface area contributed by atoms with E-state index < -0.39 is 0 Å². The first-order valence-electron chi connectivity index (χ1n) is 8.18. The minimum absolute atomic E-state index is 0. The highest BCUT2D eigenvalue weighted by Crippen LogP contribution is 2.33. The molecule has 0 saturated carbocycles. The molecule has 1 amide bonds. The van der Waals surface area contributed by atoms with Crippen LogP contribution in [0.15, 0.2) is 42.5 Å². The highest BCUT2D eigenvalue weighted by atomic mass is 35.5. The van der Waals surface area contributed by atoms with Gasteiger partial charge in [0.05, 0.1) is 20.9 Å². The Morgan fingerprint density at radius 3 is 2.70 bits per heavy atom. The number of nitrogens with one attached hydrogen (secondary N) is 2. The summed E-state index contributed by atoms with van der Waals surface area (Å²) < 4.78 is 1.13. The van der Waals surface area contributed by atoms with Crippen molar-refractivity contribution in [3.63, 3.8) is 0 Å². The largest absolute Gasteiger partial charge is 0.412 e. The lowest BCUT2D eigenvalue weighted by Gasteiger charge is -2.12. The lowest BCUT2D eigenvalue weighted by Crippen LogP contribution is -2.34. The molecule has 0 aliphatic rings. The van der Waals surface area contributed by atoms with E-state index in [1.54, 1.807) is 17.4 Å². The fourth-order valence-corrected chi connectivity index (χ4v) is 3.80. The fourth-order valence-electron chi connectivity index (χ4n) is 2.45. The summed E-state index contributed by atoms with van der Waals surface area (Å²) in [6, 6.07) is 13.6. The first-order chi connectivity index (χ1) is 12.4. The van der Waals surface area contributed by atoms with Crippen LogP contribution in [0.1, 0.15) is 20.3 Å². The summed E-state index contributed by atoms with van der Waals surface area (Å²) in [6.07, 6.45) is 0.418. The van der Waals surface area contributed by atoms with Crippen molar-refractivity contribution in [2.75, 3.05) is 5.32 Å². The number of hydrogen-bond donors (Lipinski definition) is 2. The normalized spacial score (nSPS) is 10.5. The number of nitrogens with zero attached hydrogens (tertiary/aromatic N) is 1. The van der Waals surface area contributed by atoms with E-state index in [0.29, 0.717) is 17.1 Å². The number of benzene rings is 2. The average molecular weight is 422 g/mol. The number of thiazole rings is 1. The lowest BCUT2D eigenvalue weighted by atomic mass is 10.1. The van der Waals surface area contributed by atoms with Crippen molar-refractivity contribution in [1.29, 1.82) is 0 Å². The summed E-state index contributed by atoms with van der Waals surface area (Å²) in [5, 5.41) is 7.34. The van der Waals surface area contributed by atoms with Crippen LogP contribution in [0, 0.1) is 5.92 Å². The molecular formula is C19H20ClN3O2S2. The zero-order valence-electron chi connectivity index (χ0n) is 14.9. The number of rotatable bonds is 4. The monoisotopic (exact) mass is 421 g/mol. The summed E-state index contributed by atoms with van der Waals surface area (Å²) in [5.41, 5.74) is 2.54. The molecule has 0 fully saturated rings. The quantitative estimate of drug-likeness (QED) is 0.600. The Morgan fingerprint density at radius 2 is 2.00 bits per heavy atom. The van der Waals surface area contributed by atoms with E-state index in [-0.39, 0.29) is 22.4 Å². The number of halogens is 1. The SMILES string of the molecule is CC(C)CC(=O)NC(=S)Nc1cc(-c2nc3ccccc3s2)ccc1Cl.O. The molecule has 0 aliphatic heterocycles. The highest BCUT2D eigenvalue weighted by Gasteiger charge is 2.11. The Bertz CT molecular complexity index is 939. The summed E-state index contributed by atoms with van der Waals surface area (Å²) in [7, 11) is 0. The molecule has 142 valence electrons. The van der Waals surface area contributed by atoms with Gasteiger partial charge in [-0.25, -0.2) is 4.98 Å². The van der Waals surface area contributed by atoms with Crippen molar-refractivity contribution in [3.8, 4) is 10.6 Å². The molecule has 0 radical (unpaired) electrons. The predicted molar refractivity (Wildman–Crippen MR) is 117 cm³/mol. The minimum Gasteiger partial charge on any atom is -0.412 e. The third kappa shape index (κ3) is 5.46. The molecule has 3 rings (SSSR count). The number of aromatic nitrogens is 1. The van der Waals surface area contributed by atoms with E-state index in [2.05, 4.69) is 15.6 Å². The first kappa shape index (κ1) is 21.2. The summed E-state index contributed by atoms with van der Waals surface area (Å²) in [4.78, 5) is 16.5. The van der Waals surface area contributed by atoms with Crippen molar-refractivity contribution in [1.82, 2.24) is 10.3 Å². The number of thiocarbonyl (C=S) groups is 1. The number of anilines is 1. The first-order valence-corrected chi connectivity index (χ1v) is 9.79. The van der Waals surface area contributed by atoms with E-state index in [1.807, 2.05) is 50.2 Å². The van der Waals surface area contributed by atoms with Gasteiger partial charge in [-0.05, 0) is 42.4 Å². The van der Waals surface area contributed by atoms with Gasteiger partial charge in [-0.2, -0.15) is 0 Å². The topological polar surface area (TPSA) is 85.5 Å². The number of fused-ring (bicyclic) bond motifs is 1. The number of hydrogen-bond acceptors (Lipinski definition) is 4. The molecule has 8 heteroatoms. The number of carbonyl (C=O) groups is 1. The van der Waals surface area contributed by atoms with Crippen LogP contribution in [-0.4, -0.2) is 21.5 Å². The molecule has 0 bridgehead atoms. The molecule has 0 spiro atoms. The van der Waals surface area contributed by atoms with E-state index >= 15 is 0 Å². The van der Waals surface area contributed by atoms with E-state index in [4.69, 9.17) is 23.8 Å². The summed E-state index contributed by atoms with van der Waals surface area (Å²) >= 11 is 13.1. The van der Waals surface area contributed by atoms with Crippen molar-refractivity contribution in [2.45, 2.75) is 20.3 Å². The van der Waals surface area contributed by atoms with Crippen LogP contribution < -0.4 is 10.6 Å². The van der Waals surface area contributed by atoms with Gasteiger partial charge in [0, 0.05) is 12.0 Å². The maximum Gasteiger partial charge on any atom is 0.226 e. The van der Waals surface area contributed by atoms with Gasteiger partial charge in [-0.3, -0.25) is 4.79 Å². The standard InChI is InChI=1S/C19H18ClN3OS2.H2O/c1-11(2)9-17(24)23-19(25)22-15-10-12(7-8-13(15)20)18-21-14-5-3-4-6-16(14)26-18;/h3-8,10-11H,9H2,1-2H3,(H2,22,23,24,25);1H2. The second-order valence-corrected chi connectivity index (χ2v) is 8.13. The highest BCUT2D eigenvalue weighted by molar-refractivity contribution is 7.80. The molecular weight excluding hydrogens is 402 g/mol. The second-order valence-electron chi connectivity index (χ2n) is 6.28. The fraction of sp³-hybridized carbons (Fsp3) is 0.211. The number of amides is 1. The molecule has 0 atom stereocenters. The molecule has 4 N–H and O–H groups in total. The van der Waals surface area contributed by atoms with Gasteiger partial charge in [0.15, 0.2) is 5.11 Å². The van der Waals surface area contributed by atoms with Crippen molar-refractivity contribution in [3.05, 3.63) is 47.5 Å². The van der Waals surface area contributed by atoms with Crippen LogP contribution in [0.3, 0.4) is 0 Å². The molecule has 0 saturated heterocycles. The molecule has 1 aromatic heterocycles. The number of carbonyl (C=O) groups excluding carboxylic acids is 1. The van der Waals surface area contributed by atoms with Gasteiger partial charge < -0.3 is 16.1 Å². The van der Waals surface area contributed by atoms with Gasteiger partial charge in [0.25, 0.3) is 0 Å². The minimum atomic E-state index is -0.115. The van der Waals surface area contributed by atoms with Crippen LogP contribution in [0.25, 0.3) is 20.8 Å².